The van der Waals surface area contributed by atoms with Crippen LogP contribution in [-0.2, 0) is 19.1 Å². The molecule has 0 aromatic heterocycles. The normalized spacial score (nSPS) is 15.6. The fourth-order valence-electron chi connectivity index (χ4n) is 2.15. The van der Waals surface area contributed by atoms with Crippen molar-refractivity contribution in [3.05, 3.63) is 43.1 Å². The second kappa shape index (κ2) is 9.59. The molecule has 0 saturated carbocycles. The first-order valence-electron chi connectivity index (χ1n) is 7.47. The SMILES string of the molecule is C=CCN1C(=O)/C(=C/c2cc(I)c(OCC(=O)OC)c(I)c2)C(=O)NC1=S. The number of hydrogen-bond donors (Lipinski definition) is 1. The predicted molar refractivity (Wildman–Crippen MR) is 120 cm³/mol. The number of nitrogens with zero attached hydrogens (tertiary/aromatic N) is 1. The molecule has 27 heavy (non-hydrogen) atoms. The zero-order valence-electron chi connectivity index (χ0n) is 14.1. The number of nitrogens with one attached hydrogen (secondary N) is 1. The number of rotatable bonds is 6. The molecule has 1 aliphatic heterocycles. The van der Waals surface area contributed by atoms with Gasteiger partial charge in [-0.2, -0.15) is 0 Å². The van der Waals surface area contributed by atoms with E-state index in [0.717, 1.165) is 7.14 Å². The van der Waals surface area contributed by atoms with Gasteiger partial charge in [0.05, 0.1) is 14.3 Å². The zero-order valence-corrected chi connectivity index (χ0v) is 19.2. The molecule has 0 aliphatic carbocycles. The Bertz CT molecular complexity index is 846. The van der Waals surface area contributed by atoms with E-state index in [9.17, 15) is 14.4 Å². The van der Waals surface area contributed by atoms with Crippen molar-refractivity contribution in [2.75, 3.05) is 20.3 Å². The number of hydrogen-bond acceptors (Lipinski definition) is 6. The van der Waals surface area contributed by atoms with E-state index in [1.165, 1.54) is 24.2 Å². The van der Waals surface area contributed by atoms with E-state index in [4.69, 9.17) is 17.0 Å². The van der Waals surface area contributed by atoms with Crippen LogP contribution in [0.15, 0.2) is 30.4 Å². The lowest BCUT2D eigenvalue weighted by atomic mass is 10.1. The van der Waals surface area contributed by atoms with Crippen LogP contribution in [0.25, 0.3) is 6.08 Å². The van der Waals surface area contributed by atoms with Crippen LogP contribution in [0.3, 0.4) is 0 Å². The average Bonchev–Trinajstić information content (AvgIpc) is 2.61. The van der Waals surface area contributed by atoms with Gasteiger partial charge in [-0.1, -0.05) is 6.08 Å². The monoisotopic (exact) mass is 612 g/mol. The van der Waals surface area contributed by atoms with Gasteiger partial charge in [0.2, 0.25) is 0 Å². The topological polar surface area (TPSA) is 84.9 Å². The quantitative estimate of drug-likeness (QED) is 0.133. The molecule has 142 valence electrons. The summed E-state index contributed by atoms with van der Waals surface area (Å²) in [5.74, 6) is -1.01. The molecule has 0 spiro atoms. The third-order valence-corrected chi connectivity index (χ3v) is 5.32. The zero-order chi connectivity index (χ0) is 20.1. The molecule has 1 N–H and O–H groups in total. The minimum atomic E-state index is -0.554. The maximum Gasteiger partial charge on any atom is 0.343 e. The Labute approximate surface area is 188 Å². The Morgan fingerprint density at radius 3 is 2.52 bits per heavy atom. The van der Waals surface area contributed by atoms with Gasteiger partial charge in [-0.05, 0) is 81.2 Å². The number of carbonyl (C=O) groups is 3. The molecule has 10 heteroatoms. The van der Waals surface area contributed by atoms with Gasteiger partial charge < -0.3 is 9.47 Å². The number of esters is 1. The summed E-state index contributed by atoms with van der Waals surface area (Å²) < 4.78 is 11.5. The minimum absolute atomic E-state index is 0.0275. The smallest absolute Gasteiger partial charge is 0.343 e. The van der Waals surface area contributed by atoms with Gasteiger partial charge >= 0.3 is 5.97 Å². The summed E-state index contributed by atoms with van der Waals surface area (Å²) in [6.45, 7) is 3.57. The minimum Gasteiger partial charge on any atom is -0.480 e. The van der Waals surface area contributed by atoms with Gasteiger partial charge in [-0.3, -0.25) is 19.8 Å². The maximum absolute atomic E-state index is 12.6. The summed E-state index contributed by atoms with van der Waals surface area (Å²) in [6.07, 6.45) is 3.02. The molecule has 1 aromatic carbocycles. The molecule has 0 radical (unpaired) electrons. The lowest BCUT2D eigenvalue weighted by molar-refractivity contribution is -0.143. The van der Waals surface area contributed by atoms with Crippen molar-refractivity contribution in [1.82, 2.24) is 10.2 Å². The molecular weight excluding hydrogens is 598 g/mol. The summed E-state index contributed by atoms with van der Waals surface area (Å²) in [5, 5.41) is 2.55. The lowest BCUT2D eigenvalue weighted by Gasteiger charge is -2.27. The molecular formula is C17H14I2N2O5S. The van der Waals surface area contributed by atoms with Gasteiger partial charge in [0.1, 0.15) is 11.3 Å². The fraction of sp³-hybridized carbons (Fsp3) is 0.176. The molecule has 1 heterocycles. The van der Waals surface area contributed by atoms with Crippen LogP contribution in [0.1, 0.15) is 5.56 Å². The molecule has 7 nitrogen and oxygen atoms in total. The van der Waals surface area contributed by atoms with Gasteiger partial charge in [-0.15, -0.1) is 6.58 Å². The van der Waals surface area contributed by atoms with Crippen LogP contribution in [0.5, 0.6) is 5.75 Å². The third kappa shape index (κ3) is 5.25. The highest BCUT2D eigenvalue weighted by atomic mass is 127. The number of thiocarbonyl (C=S) groups is 1. The Balaban J connectivity index is 2.33. The van der Waals surface area contributed by atoms with Gasteiger partial charge in [0.25, 0.3) is 11.8 Å². The van der Waals surface area contributed by atoms with E-state index in [0.29, 0.717) is 11.3 Å². The van der Waals surface area contributed by atoms with Crippen LogP contribution in [0.2, 0.25) is 0 Å². The summed E-state index contributed by atoms with van der Waals surface area (Å²) in [4.78, 5) is 37.3. The lowest BCUT2D eigenvalue weighted by Crippen LogP contribution is -2.53. The van der Waals surface area contributed by atoms with Gasteiger partial charge in [-0.25, -0.2) is 4.79 Å². The number of ether oxygens (including phenoxy) is 2. The molecule has 2 rings (SSSR count). The highest BCUT2D eigenvalue weighted by molar-refractivity contribution is 14.1. The van der Waals surface area contributed by atoms with Crippen LogP contribution in [-0.4, -0.2) is 48.1 Å². The van der Waals surface area contributed by atoms with Crippen molar-refractivity contribution >= 4 is 86.4 Å². The number of halogens is 2. The Hall–Kier alpha value is -1.54. The standard InChI is InChI=1S/C17H14I2N2O5S/c1-3-4-21-16(24)10(15(23)20-17(21)27)5-9-6-11(18)14(12(19)7-9)26-8-13(22)25-2/h3,5-7H,1,4,8H2,2H3,(H,20,23,27)/b10-5+. The van der Waals surface area contributed by atoms with E-state index in [1.807, 2.05) is 0 Å². The summed E-state index contributed by atoms with van der Waals surface area (Å²) in [6, 6.07) is 3.49. The first kappa shape index (κ1) is 21.8. The molecule has 0 atom stereocenters. The van der Waals surface area contributed by atoms with E-state index in [1.54, 1.807) is 12.1 Å². The molecule has 2 amide bonds. The first-order chi connectivity index (χ1) is 12.8. The number of amides is 2. The van der Waals surface area contributed by atoms with Crippen LogP contribution in [0.4, 0.5) is 0 Å². The van der Waals surface area contributed by atoms with Crippen molar-refractivity contribution in [2.45, 2.75) is 0 Å². The van der Waals surface area contributed by atoms with E-state index in [2.05, 4.69) is 61.8 Å². The molecule has 1 aliphatic rings. The average molecular weight is 612 g/mol. The van der Waals surface area contributed by atoms with Gasteiger partial charge in [0, 0.05) is 6.54 Å². The Kier molecular flexibility index (Phi) is 7.73. The predicted octanol–water partition coefficient (Wildman–Crippen LogP) is 2.26. The van der Waals surface area contributed by atoms with E-state index >= 15 is 0 Å². The van der Waals surface area contributed by atoms with Crippen molar-refractivity contribution in [3.8, 4) is 5.75 Å². The van der Waals surface area contributed by atoms with Crippen LogP contribution in [0, 0.1) is 7.14 Å². The maximum atomic E-state index is 12.6. The van der Waals surface area contributed by atoms with Crippen LogP contribution >= 0.6 is 57.4 Å². The summed E-state index contributed by atoms with van der Waals surface area (Å²) in [7, 11) is 1.28. The number of benzene rings is 1. The van der Waals surface area contributed by atoms with Gasteiger partial charge in [0.15, 0.2) is 11.7 Å². The molecule has 1 saturated heterocycles. The Morgan fingerprint density at radius 1 is 1.33 bits per heavy atom. The van der Waals surface area contributed by atoms with Crippen LogP contribution < -0.4 is 10.1 Å². The number of carbonyl (C=O) groups excluding carboxylic acids is 3. The van der Waals surface area contributed by atoms with E-state index in [-0.39, 0.29) is 23.8 Å². The van der Waals surface area contributed by atoms with Crippen molar-refractivity contribution in [2.24, 2.45) is 0 Å². The highest BCUT2D eigenvalue weighted by Gasteiger charge is 2.32. The molecule has 0 unspecified atom stereocenters. The van der Waals surface area contributed by atoms with E-state index < -0.39 is 17.8 Å². The second-order valence-corrected chi connectivity index (χ2v) is 7.91. The summed E-state index contributed by atoms with van der Waals surface area (Å²) in [5.41, 5.74) is 0.611. The molecule has 1 aromatic rings. The second-order valence-electron chi connectivity index (χ2n) is 5.20. The fourth-order valence-corrected chi connectivity index (χ4v) is 4.52. The Morgan fingerprint density at radius 2 is 1.96 bits per heavy atom. The van der Waals surface area contributed by atoms with Crippen molar-refractivity contribution in [1.29, 1.82) is 0 Å². The van der Waals surface area contributed by atoms with Crippen molar-refractivity contribution < 1.29 is 23.9 Å². The first-order valence-corrected chi connectivity index (χ1v) is 10.0. The third-order valence-electron chi connectivity index (χ3n) is 3.39. The molecule has 1 fully saturated rings. The largest absolute Gasteiger partial charge is 0.480 e. The highest BCUT2D eigenvalue weighted by Crippen LogP contribution is 2.30. The number of methoxy groups -OCH3 is 1. The van der Waals surface area contributed by atoms with Crippen molar-refractivity contribution in [3.63, 3.8) is 0 Å². The molecule has 0 bridgehead atoms. The summed E-state index contributed by atoms with van der Waals surface area (Å²) >= 11 is 9.13.